The quantitative estimate of drug-likeness (QED) is 0.341. The van der Waals surface area contributed by atoms with Crippen molar-refractivity contribution >= 4 is 33.4 Å². The molecule has 9 nitrogen and oxygen atoms in total. The highest BCUT2D eigenvalue weighted by Gasteiger charge is 2.44. The smallest absolute Gasteiger partial charge is 0.326 e. The van der Waals surface area contributed by atoms with Gasteiger partial charge in [-0.1, -0.05) is 0 Å². The number of rotatable bonds is 5. The average Bonchev–Trinajstić information content (AvgIpc) is 3.49. The monoisotopic (exact) mass is 481 g/mol. The molecule has 1 saturated carbocycles. The number of nitrogens with zero attached hydrogens (tertiary/aromatic N) is 4. The van der Waals surface area contributed by atoms with Crippen LogP contribution in [0.15, 0.2) is 24.4 Å². The molecule has 6 rings (SSSR count). The third-order valence-corrected chi connectivity index (χ3v) is 7.07. The largest absolute Gasteiger partial charge is 0.422 e. The Morgan fingerprint density at radius 2 is 2.09 bits per heavy atom. The number of ether oxygens (including phenoxy) is 1. The lowest BCUT2D eigenvalue weighted by molar-refractivity contribution is 0.188. The first-order chi connectivity index (χ1) is 16.8. The summed E-state index contributed by atoms with van der Waals surface area (Å²) in [4.78, 5) is 18.6. The van der Waals surface area contributed by atoms with Crippen molar-refractivity contribution in [2.24, 2.45) is 11.7 Å². The normalized spacial score (nSPS) is 22.3. The minimum Gasteiger partial charge on any atom is -0.422 e. The molecule has 4 heterocycles. The van der Waals surface area contributed by atoms with Crippen LogP contribution in [0.1, 0.15) is 31.6 Å². The SMILES string of the molecule is CNc1cc(F)cc2c1[nH]c1nc(Oc3cnc(C(C)O)c(F)c3)nc(N3CC4CC3CC4N)c12. The van der Waals surface area contributed by atoms with Crippen LogP contribution in [-0.4, -0.2) is 50.7 Å². The maximum Gasteiger partial charge on any atom is 0.326 e. The van der Waals surface area contributed by atoms with Gasteiger partial charge in [0.2, 0.25) is 0 Å². The second-order valence-corrected chi connectivity index (χ2v) is 9.32. The fraction of sp³-hybridized carbons (Fsp3) is 0.375. The lowest BCUT2D eigenvalue weighted by atomic mass is 10.0. The average molecular weight is 482 g/mol. The lowest BCUT2D eigenvalue weighted by Crippen LogP contribution is -2.41. The molecular formula is C24H25F2N7O2. The predicted molar refractivity (Wildman–Crippen MR) is 128 cm³/mol. The molecule has 0 radical (unpaired) electrons. The van der Waals surface area contributed by atoms with Crippen molar-refractivity contribution in [3.05, 3.63) is 41.7 Å². The number of aromatic nitrogens is 4. The first kappa shape index (κ1) is 21.9. The molecule has 0 amide bonds. The van der Waals surface area contributed by atoms with Gasteiger partial charge in [0.05, 0.1) is 28.9 Å². The molecule has 2 aliphatic rings. The number of benzene rings is 1. The van der Waals surface area contributed by atoms with E-state index in [4.69, 9.17) is 15.5 Å². The molecule has 182 valence electrons. The third kappa shape index (κ3) is 3.53. The molecule has 0 spiro atoms. The Bertz CT molecular complexity index is 1460. The van der Waals surface area contributed by atoms with Gasteiger partial charge in [-0.3, -0.25) is 4.98 Å². The minimum absolute atomic E-state index is 0.00334. The molecule has 4 aromatic rings. The van der Waals surface area contributed by atoms with E-state index in [0.717, 1.165) is 25.5 Å². The van der Waals surface area contributed by atoms with E-state index in [-0.39, 0.29) is 35.4 Å². The Kier molecular flexibility index (Phi) is 5.01. The number of nitrogens with one attached hydrogen (secondary N) is 2. The maximum absolute atomic E-state index is 14.5. The molecule has 4 unspecified atom stereocenters. The Morgan fingerprint density at radius 3 is 2.74 bits per heavy atom. The van der Waals surface area contributed by atoms with Gasteiger partial charge < -0.3 is 30.8 Å². The number of H-pyrrole nitrogens is 1. The van der Waals surface area contributed by atoms with Crippen LogP contribution >= 0.6 is 0 Å². The number of hydrogen-bond acceptors (Lipinski definition) is 8. The number of aliphatic hydroxyl groups excluding tert-OH is 1. The van der Waals surface area contributed by atoms with E-state index in [0.29, 0.717) is 39.4 Å². The second kappa shape index (κ2) is 7.99. The molecule has 5 N–H and O–H groups in total. The number of pyridine rings is 1. The summed E-state index contributed by atoms with van der Waals surface area (Å²) in [7, 11) is 1.72. The van der Waals surface area contributed by atoms with Crippen LogP contribution in [0.3, 0.4) is 0 Å². The molecule has 1 saturated heterocycles. The summed E-state index contributed by atoms with van der Waals surface area (Å²) in [6.07, 6.45) is 2.08. The molecule has 2 fully saturated rings. The summed E-state index contributed by atoms with van der Waals surface area (Å²) >= 11 is 0. The van der Waals surface area contributed by atoms with Crippen molar-refractivity contribution in [3.63, 3.8) is 0 Å². The summed E-state index contributed by atoms with van der Waals surface area (Å²) in [6.45, 7) is 2.17. The van der Waals surface area contributed by atoms with Gasteiger partial charge in [-0.05, 0) is 37.8 Å². The fourth-order valence-electron chi connectivity index (χ4n) is 5.43. The van der Waals surface area contributed by atoms with Crippen LogP contribution in [0.25, 0.3) is 21.9 Å². The van der Waals surface area contributed by atoms with E-state index in [2.05, 4.69) is 25.2 Å². The van der Waals surface area contributed by atoms with Gasteiger partial charge in [0, 0.05) is 37.1 Å². The Hall–Kier alpha value is -3.57. The van der Waals surface area contributed by atoms with E-state index < -0.39 is 11.9 Å². The highest BCUT2D eigenvalue weighted by Crippen LogP contribution is 2.44. The van der Waals surface area contributed by atoms with E-state index in [9.17, 15) is 13.9 Å². The van der Waals surface area contributed by atoms with E-state index in [1.165, 1.54) is 25.3 Å². The predicted octanol–water partition coefficient (Wildman–Crippen LogP) is 3.60. The fourth-order valence-corrected chi connectivity index (χ4v) is 5.43. The van der Waals surface area contributed by atoms with Crippen molar-refractivity contribution < 1.29 is 18.6 Å². The molecule has 2 bridgehead atoms. The van der Waals surface area contributed by atoms with E-state index in [1.807, 2.05) is 0 Å². The van der Waals surface area contributed by atoms with Gasteiger partial charge in [0.1, 0.15) is 23.0 Å². The maximum atomic E-state index is 14.5. The lowest BCUT2D eigenvalue weighted by Gasteiger charge is -2.31. The molecule has 1 aliphatic carbocycles. The van der Waals surface area contributed by atoms with Gasteiger partial charge in [-0.25, -0.2) is 8.78 Å². The molecule has 35 heavy (non-hydrogen) atoms. The number of aliphatic hydroxyl groups is 1. The van der Waals surface area contributed by atoms with Crippen LogP contribution in [0, 0.1) is 17.6 Å². The molecular weight excluding hydrogens is 456 g/mol. The number of halogens is 2. The van der Waals surface area contributed by atoms with Crippen LogP contribution in [-0.2, 0) is 0 Å². The highest BCUT2D eigenvalue weighted by atomic mass is 19.1. The summed E-state index contributed by atoms with van der Waals surface area (Å²) in [5.41, 5.74) is 7.97. The van der Waals surface area contributed by atoms with Crippen LogP contribution < -0.4 is 20.7 Å². The first-order valence-corrected chi connectivity index (χ1v) is 11.6. The van der Waals surface area contributed by atoms with E-state index in [1.54, 1.807) is 7.05 Å². The first-order valence-electron chi connectivity index (χ1n) is 11.6. The van der Waals surface area contributed by atoms with Crippen LogP contribution in [0.4, 0.5) is 20.3 Å². The van der Waals surface area contributed by atoms with E-state index >= 15 is 0 Å². The van der Waals surface area contributed by atoms with Gasteiger partial charge in [-0.15, -0.1) is 0 Å². The molecule has 1 aromatic carbocycles. The molecule has 11 heteroatoms. The number of piperidine rings is 1. The van der Waals surface area contributed by atoms with Gasteiger partial charge >= 0.3 is 6.01 Å². The minimum atomic E-state index is -1.05. The number of fused-ring (bicyclic) bond motifs is 5. The molecule has 3 aromatic heterocycles. The van der Waals surface area contributed by atoms with Gasteiger partial charge in [0.15, 0.2) is 11.6 Å². The zero-order valence-electron chi connectivity index (χ0n) is 19.2. The molecule has 1 aliphatic heterocycles. The Balaban J connectivity index is 1.50. The Morgan fingerprint density at radius 1 is 1.26 bits per heavy atom. The van der Waals surface area contributed by atoms with Crippen molar-refractivity contribution in [2.45, 2.75) is 38.0 Å². The van der Waals surface area contributed by atoms with Crippen molar-refractivity contribution in [1.29, 1.82) is 0 Å². The summed E-state index contributed by atoms with van der Waals surface area (Å²) in [5, 5.41) is 14.0. The summed E-state index contributed by atoms with van der Waals surface area (Å²) in [6, 6.07) is 4.39. The Labute approximate surface area is 199 Å². The third-order valence-electron chi connectivity index (χ3n) is 7.07. The number of hydrogen-bond donors (Lipinski definition) is 4. The van der Waals surface area contributed by atoms with Crippen LogP contribution in [0.2, 0.25) is 0 Å². The van der Waals surface area contributed by atoms with Crippen molar-refractivity contribution in [1.82, 2.24) is 19.9 Å². The standard InChI is InChI=1S/C24H25F2N7O2/c1-10(34)20-16(26)7-14(8-29-20)35-24-31-22-19(15-4-12(25)5-18(28-2)21(15)30-22)23(32-24)33-9-11-3-13(33)6-17(11)27/h4-5,7-8,10-11,13,17,28,34H,3,6,9,27H2,1-2H3,(H,30,31,32). The number of nitrogens with two attached hydrogens (primary N) is 1. The van der Waals surface area contributed by atoms with Crippen LogP contribution in [0.5, 0.6) is 11.8 Å². The summed E-state index contributed by atoms with van der Waals surface area (Å²) in [5.74, 6) is 0.0104. The highest BCUT2D eigenvalue weighted by molar-refractivity contribution is 6.14. The zero-order valence-corrected chi connectivity index (χ0v) is 19.2. The van der Waals surface area contributed by atoms with Gasteiger partial charge in [-0.2, -0.15) is 9.97 Å². The zero-order chi connectivity index (χ0) is 24.4. The topological polar surface area (TPSA) is 125 Å². The number of aromatic amines is 1. The van der Waals surface area contributed by atoms with Gasteiger partial charge in [0.25, 0.3) is 0 Å². The second-order valence-electron chi connectivity index (χ2n) is 9.32. The number of anilines is 2. The van der Waals surface area contributed by atoms with Crippen molar-refractivity contribution in [2.75, 3.05) is 23.8 Å². The van der Waals surface area contributed by atoms with Crippen molar-refractivity contribution in [3.8, 4) is 11.8 Å². The summed E-state index contributed by atoms with van der Waals surface area (Å²) < 4.78 is 34.7. The molecule has 4 atom stereocenters.